The number of imidazole rings is 1. The van der Waals surface area contributed by atoms with E-state index < -0.39 is 7.14 Å². The molecule has 0 N–H and O–H groups in total. The third-order valence-electron chi connectivity index (χ3n) is 8.37. The predicted molar refractivity (Wildman–Crippen MR) is 164 cm³/mol. The standard InChI is InChI=1S/C35H21N2OP/c38-39(32-15-7-3-11-26(32)27-12-4-8-16-33(27)39)23-18-20-25-28-19-17-22-9-1-2-10-24(22)34(28)35-36-29-13-5-6-14-30(29)37(35)31(25)21-23/h1-21H. The van der Waals surface area contributed by atoms with Crippen LogP contribution in [0.2, 0.25) is 0 Å². The van der Waals surface area contributed by atoms with Crippen molar-refractivity contribution in [2.24, 2.45) is 0 Å². The molecule has 0 bridgehead atoms. The molecule has 0 amide bonds. The summed E-state index contributed by atoms with van der Waals surface area (Å²) < 4.78 is 17.5. The van der Waals surface area contributed by atoms with Crippen molar-refractivity contribution in [3.05, 3.63) is 127 Å². The molecule has 6 aromatic carbocycles. The van der Waals surface area contributed by atoms with Gasteiger partial charge in [-0.15, -0.1) is 0 Å². The molecule has 182 valence electrons. The summed E-state index contributed by atoms with van der Waals surface area (Å²) in [6.07, 6.45) is 0. The van der Waals surface area contributed by atoms with Crippen LogP contribution >= 0.6 is 7.14 Å². The van der Waals surface area contributed by atoms with Crippen LogP contribution in [0.25, 0.3) is 60.3 Å². The van der Waals surface area contributed by atoms with E-state index in [2.05, 4.69) is 89.3 Å². The Balaban J connectivity index is 1.47. The second kappa shape index (κ2) is 7.44. The Kier molecular flexibility index (Phi) is 4.05. The van der Waals surface area contributed by atoms with Gasteiger partial charge in [0.1, 0.15) is 5.65 Å². The van der Waals surface area contributed by atoms with Gasteiger partial charge in [-0.25, -0.2) is 4.98 Å². The Morgan fingerprint density at radius 3 is 2.05 bits per heavy atom. The Morgan fingerprint density at radius 2 is 1.23 bits per heavy atom. The number of para-hydroxylation sites is 2. The molecule has 8 aromatic rings. The van der Waals surface area contributed by atoms with Crippen molar-refractivity contribution in [3.63, 3.8) is 0 Å². The van der Waals surface area contributed by atoms with Gasteiger partial charge in [-0.05, 0) is 45.5 Å². The molecule has 3 nitrogen and oxygen atoms in total. The van der Waals surface area contributed by atoms with Crippen molar-refractivity contribution >= 4 is 72.2 Å². The van der Waals surface area contributed by atoms with Gasteiger partial charge < -0.3 is 4.57 Å². The largest absolute Gasteiger partial charge is 0.309 e. The maximum absolute atomic E-state index is 15.3. The lowest BCUT2D eigenvalue weighted by Gasteiger charge is -2.18. The van der Waals surface area contributed by atoms with Gasteiger partial charge in [0.2, 0.25) is 0 Å². The van der Waals surface area contributed by atoms with E-state index in [-0.39, 0.29) is 0 Å². The minimum Gasteiger partial charge on any atom is -0.309 e. The molecule has 0 saturated heterocycles. The highest BCUT2D eigenvalue weighted by atomic mass is 31.2. The van der Waals surface area contributed by atoms with E-state index in [0.29, 0.717) is 0 Å². The summed E-state index contributed by atoms with van der Waals surface area (Å²) in [7, 11) is -3.06. The lowest BCUT2D eigenvalue weighted by atomic mass is 9.99. The van der Waals surface area contributed by atoms with Gasteiger partial charge in [0, 0.05) is 26.7 Å². The molecule has 0 radical (unpaired) electrons. The maximum atomic E-state index is 15.3. The molecule has 0 atom stereocenters. The molecule has 3 heterocycles. The second-order valence-corrected chi connectivity index (χ2v) is 13.0. The highest BCUT2D eigenvalue weighted by Crippen LogP contribution is 2.52. The summed E-state index contributed by atoms with van der Waals surface area (Å²) in [4.78, 5) is 5.15. The summed E-state index contributed by atoms with van der Waals surface area (Å²) in [5, 5.41) is 8.50. The van der Waals surface area contributed by atoms with Crippen LogP contribution in [0.15, 0.2) is 127 Å². The van der Waals surface area contributed by atoms with Crippen molar-refractivity contribution in [3.8, 4) is 11.1 Å². The van der Waals surface area contributed by atoms with Gasteiger partial charge in [-0.2, -0.15) is 0 Å². The van der Waals surface area contributed by atoms with Crippen molar-refractivity contribution in [1.82, 2.24) is 9.38 Å². The monoisotopic (exact) mass is 516 g/mol. The minimum absolute atomic E-state index is 0.853. The van der Waals surface area contributed by atoms with Crippen LogP contribution in [-0.2, 0) is 4.57 Å². The first-order valence-electron chi connectivity index (χ1n) is 13.2. The van der Waals surface area contributed by atoms with E-state index >= 15 is 4.57 Å². The second-order valence-electron chi connectivity index (χ2n) is 10.3. The summed E-state index contributed by atoms with van der Waals surface area (Å²) in [5.41, 5.74) is 6.09. The fourth-order valence-corrected chi connectivity index (χ4v) is 9.73. The van der Waals surface area contributed by atoms with E-state index in [1.807, 2.05) is 42.5 Å². The third kappa shape index (κ3) is 2.63. The van der Waals surface area contributed by atoms with E-state index in [1.165, 1.54) is 10.8 Å². The fourth-order valence-electron chi connectivity index (χ4n) is 6.66. The molecule has 0 unspecified atom stereocenters. The molecule has 2 aromatic heterocycles. The Morgan fingerprint density at radius 1 is 0.564 bits per heavy atom. The zero-order valence-electron chi connectivity index (χ0n) is 20.9. The lowest BCUT2D eigenvalue weighted by Crippen LogP contribution is -2.21. The zero-order chi connectivity index (χ0) is 25.7. The molecule has 4 heteroatoms. The number of rotatable bonds is 1. The fraction of sp³-hybridized carbons (Fsp3) is 0. The predicted octanol–water partition coefficient (Wildman–Crippen LogP) is 7.57. The molecule has 0 fully saturated rings. The maximum Gasteiger partial charge on any atom is 0.172 e. The van der Waals surface area contributed by atoms with E-state index in [0.717, 1.165) is 65.4 Å². The van der Waals surface area contributed by atoms with Gasteiger partial charge in [-0.1, -0.05) is 109 Å². The van der Waals surface area contributed by atoms with Gasteiger partial charge in [0.05, 0.1) is 16.6 Å². The number of hydrogen-bond donors (Lipinski definition) is 0. The summed E-state index contributed by atoms with van der Waals surface area (Å²) in [6, 6.07) is 43.9. The first-order valence-corrected chi connectivity index (χ1v) is 14.9. The molecule has 0 aliphatic carbocycles. The lowest BCUT2D eigenvalue weighted by molar-refractivity contribution is 0.593. The van der Waals surface area contributed by atoms with Crippen molar-refractivity contribution in [2.75, 3.05) is 0 Å². The van der Waals surface area contributed by atoms with Crippen LogP contribution in [0.3, 0.4) is 0 Å². The topological polar surface area (TPSA) is 34.4 Å². The van der Waals surface area contributed by atoms with Crippen LogP contribution in [0.1, 0.15) is 0 Å². The highest BCUT2D eigenvalue weighted by Gasteiger charge is 2.40. The van der Waals surface area contributed by atoms with Crippen molar-refractivity contribution in [2.45, 2.75) is 0 Å². The van der Waals surface area contributed by atoms with Crippen LogP contribution < -0.4 is 15.9 Å². The number of fused-ring (bicyclic) bond motifs is 13. The molecule has 0 saturated carbocycles. The van der Waals surface area contributed by atoms with Crippen LogP contribution in [0.5, 0.6) is 0 Å². The molecule has 1 aliphatic rings. The normalized spacial score (nSPS) is 13.9. The SMILES string of the molecule is O=P1(c2ccc3c4ccc5ccccc5c4c4nc5ccccc5n4c3c2)c2ccccc2-c2ccccc21. The van der Waals surface area contributed by atoms with Gasteiger partial charge >= 0.3 is 0 Å². The van der Waals surface area contributed by atoms with Crippen LogP contribution in [-0.4, -0.2) is 9.38 Å². The molecule has 0 spiro atoms. The van der Waals surface area contributed by atoms with Crippen molar-refractivity contribution < 1.29 is 4.57 Å². The van der Waals surface area contributed by atoms with Gasteiger partial charge in [0.15, 0.2) is 7.14 Å². The molecular formula is C35H21N2OP. The van der Waals surface area contributed by atoms with Gasteiger partial charge in [0.25, 0.3) is 0 Å². The third-order valence-corrected chi connectivity index (χ3v) is 11.5. The Hall–Kier alpha value is -4.72. The summed E-state index contributed by atoms with van der Waals surface area (Å²) >= 11 is 0. The number of aromatic nitrogens is 2. The molecule has 39 heavy (non-hydrogen) atoms. The summed E-state index contributed by atoms with van der Waals surface area (Å²) in [6.45, 7) is 0. The highest BCUT2D eigenvalue weighted by molar-refractivity contribution is 7.86. The zero-order valence-corrected chi connectivity index (χ0v) is 21.8. The van der Waals surface area contributed by atoms with E-state index in [1.54, 1.807) is 0 Å². The van der Waals surface area contributed by atoms with Gasteiger partial charge in [-0.3, -0.25) is 4.40 Å². The Bertz CT molecular complexity index is 2330. The average molecular weight is 517 g/mol. The Labute approximate surface area is 224 Å². The van der Waals surface area contributed by atoms with Crippen LogP contribution in [0, 0.1) is 0 Å². The van der Waals surface area contributed by atoms with E-state index in [9.17, 15) is 0 Å². The van der Waals surface area contributed by atoms with E-state index in [4.69, 9.17) is 4.98 Å². The number of pyridine rings is 1. The molecule has 9 rings (SSSR count). The first-order chi connectivity index (χ1) is 19.2. The smallest absolute Gasteiger partial charge is 0.172 e. The average Bonchev–Trinajstić information content (AvgIpc) is 3.51. The number of benzene rings is 6. The van der Waals surface area contributed by atoms with Crippen LogP contribution in [0.4, 0.5) is 0 Å². The quantitative estimate of drug-likeness (QED) is 0.167. The summed E-state index contributed by atoms with van der Waals surface area (Å²) in [5.74, 6) is 0. The number of hydrogen-bond acceptors (Lipinski definition) is 2. The molecular weight excluding hydrogens is 495 g/mol. The number of nitrogens with zero attached hydrogens (tertiary/aromatic N) is 2. The first kappa shape index (κ1) is 21.2. The minimum atomic E-state index is -3.06. The van der Waals surface area contributed by atoms with Crippen molar-refractivity contribution in [1.29, 1.82) is 0 Å². The molecule has 1 aliphatic heterocycles.